The van der Waals surface area contributed by atoms with E-state index in [9.17, 15) is 13.2 Å². The van der Waals surface area contributed by atoms with Crippen LogP contribution in [0.2, 0.25) is 0 Å². The Bertz CT molecular complexity index is 485. The van der Waals surface area contributed by atoms with Gasteiger partial charge in [0.1, 0.15) is 5.75 Å². The van der Waals surface area contributed by atoms with E-state index in [0.29, 0.717) is 12.2 Å². The molecule has 4 nitrogen and oxygen atoms in total. The maximum Gasteiger partial charge on any atom is 0.422 e. The second-order valence-electron chi connectivity index (χ2n) is 5.48. The Morgan fingerprint density at radius 3 is 2.36 bits per heavy atom. The van der Waals surface area contributed by atoms with Gasteiger partial charge in [0, 0.05) is 50.0 Å². The molecular weight excluding hydrogens is 295 g/mol. The SMILES string of the molecule is CCN1CCN(Cc2ccc(N)cc2OCC(F)(F)F)CC1. The van der Waals surface area contributed by atoms with Crippen LogP contribution in [-0.2, 0) is 6.54 Å². The second-order valence-corrected chi connectivity index (χ2v) is 5.48. The molecule has 0 aliphatic carbocycles. The molecule has 1 aromatic carbocycles. The summed E-state index contributed by atoms with van der Waals surface area (Å²) >= 11 is 0. The van der Waals surface area contributed by atoms with Crippen molar-refractivity contribution in [2.45, 2.75) is 19.6 Å². The Morgan fingerprint density at radius 2 is 1.77 bits per heavy atom. The molecule has 1 saturated heterocycles. The Hall–Kier alpha value is -1.47. The summed E-state index contributed by atoms with van der Waals surface area (Å²) in [6.07, 6.45) is -4.35. The molecule has 1 fully saturated rings. The molecule has 2 rings (SSSR count). The number of piperazine rings is 1. The fourth-order valence-corrected chi connectivity index (χ4v) is 2.50. The average Bonchev–Trinajstić information content (AvgIpc) is 2.47. The summed E-state index contributed by atoms with van der Waals surface area (Å²) in [6.45, 7) is 6.18. The topological polar surface area (TPSA) is 41.7 Å². The first-order valence-electron chi connectivity index (χ1n) is 7.40. The Balaban J connectivity index is 2.01. The minimum Gasteiger partial charge on any atom is -0.484 e. The smallest absolute Gasteiger partial charge is 0.422 e. The molecule has 7 heteroatoms. The molecule has 124 valence electrons. The summed E-state index contributed by atoms with van der Waals surface area (Å²) in [4.78, 5) is 4.57. The monoisotopic (exact) mass is 317 g/mol. The lowest BCUT2D eigenvalue weighted by Gasteiger charge is -2.34. The summed E-state index contributed by atoms with van der Waals surface area (Å²) < 4.78 is 42.0. The number of anilines is 1. The second kappa shape index (κ2) is 7.19. The summed E-state index contributed by atoms with van der Waals surface area (Å²) in [5.74, 6) is 0.218. The van der Waals surface area contributed by atoms with Crippen molar-refractivity contribution >= 4 is 5.69 Å². The zero-order valence-corrected chi connectivity index (χ0v) is 12.7. The lowest BCUT2D eigenvalue weighted by atomic mass is 10.1. The molecule has 0 unspecified atom stereocenters. The third-order valence-corrected chi connectivity index (χ3v) is 3.79. The molecule has 2 N–H and O–H groups in total. The summed E-state index contributed by atoms with van der Waals surface area (Å²) in [5.41, 5.74) is 6.79. The highest BCUT2D eigenvalue weighted by Crippen LogP contribution is 2.26. The standard InChI is InChI=1S/C15H22F3N3O/c1-2-20-5-7-21(8-6-20)10-12-3-4-13(19)9-14(12)22-11-15(16,17)18/h3-4,9H,2,5-8,10-11,19H2,1H3. The third kappa shape index (κ3) is 5.06. The van der Waals surface area contributed by atoms with Crippen LogP contribution in [0.15, 0.2) is 18.2 Å². The number of hydrogen-bond donors (Lipinski definition) is 1. The maximum atomic E-state index is 12.3. The van der Waals surface area contributed by atoms with E-state index >= 15 is 0 Å². The van der Waals surface area contributed by atoms with Gasteiger partial charge in [-0.3, -0.25) is 4.90 Å². The molecule has 0 aromatic heterocycles. The Morgan fingerprint density at radius 1 is 1.14 bits per heavy atom. The van der Waals surface area contributed by atoms with Gasteiger partial charge in [-0.25, -0.2) is 0 Å². The minimum atomic E-state index is -4.35. The van der Waals surface area contributed by atoms with Crippen LogP contribution in [0.3, 0.4) is 0 Å². The molecule has 0 saturated carbocycles. The van der Waals surface area contributed by atoms with E-state index in [1.165, 1.54) is 6.07 Å². The highest BCUT2D eigenvalue weighted by molar-refractivity contribution is 5.48. The van der Waals surface area contributed by atoms with Crippen molar-refractivity contribution in [3.63, 3.8) is 0 Å². The molecule has 0 radical (unpaired) electrons. The first-order valence-corrected chi connectivity index (χ1v) is 7.40. The molecule has 22 heavy (non-hydrogen) atoms. The van der Waals surface area contributed by atoms with Crippen LogP contribution in [0.5, 0.6) is 5.75 Å². The van der Waals surface area contributed by atoms with Gasteiger partial charge < -0.3 is 15.4 Å². The van der Waals surface area contributed by atoms with E-state index in [0.717, 1.165) is 38.3 Å². The van der Waals surface area contributed by atoms with Gasteiger partial charge in [0.25, 0.3) is 0 Å². The molecule has 1 aromatic rings. The molecular formula is C15H22F3N3O. The zero-order chi connectivity index (χ0) is 16.2. The van der Waals surface area contributed by atoms with Gasteiger partial charge in [0.15, 0.2) is 6.61 Å². The van der Waals surface area contributed by atoms with E-state index in [-0.39, 0.29) is 5.75 Å². The number of nitrogens with zero attached hydrogens (tertiary/aromatic N) is 2. The molecule has 1 aliphatic heterocycles. The molecule has 0 bridgehead atoms. The van der Waals surface area contributed by atoms with E-state index in [1.807, 2.05) is 0 Å². The van der Waals surface area contributed by atoms with Crippen LogP contribution < -0.4 is 10.5 Å². The number of alkyl halides is 3. The molecule has 1 aliphatic rings. The number of nitrogens with two attached hydrogens (primary N) is 1. The number of halogens is 3. The lowest BCUT2D eigenvalue weighted by molar-refractivity contribution is -0.153. The Kier molecular flexibility index (Phi) is 5.52. The van der Waals surface area contributed by atoms with Gasteiger partial charge in [-0.1, -0.05) is 13.0 Å². The van der Waals surface area contributed by atoms with Crippen LogP contribution in [0.4, 0.5) is 18.9 Å². The van der Waals surface area contributed by atoms with Crippen LogP contribution in [0, 0.1) is 0 Å². The lowest BCUT2D eigenvalue weighted by Crippen LogP contribution is -2.45. The summed E-state index contributed by atoms with van der Waals surface area (Å²) in [7, 11) is 0. The molecule has 1 heterocycles. The first-order chi connectivity index (χ1) is 10.4. The highest BCUT2D eigenvalue weighted by atomic mass is 19.4. The number of benzene rings is 1. The van der Waals surface area contributed by atoms with Crippen molar-refractivity contribution in [1.29, 1.82) is 0 Å². The summed E-state index contributed by atoms with van der Waals surface area (Å²) in [5, 5.41) is 0. The van der Waals surface area contributed by atoms with Crippen molar-refractivity contribution in [2.24, 2.45) is 0 Å². The van der Waals surface area contributed by atoms with E-state index in [2.05, 4.69) is 16.7 Å². The predicted molar refractivity (Wildman–Crippen MR) is 79.8 cm³/mol. The van der Waals surface area contributed by atoms with Gasteiger partial charge in [-0.2, -0.15) is 13.2 Å². The minimum absolute atomic E-state index is 0.218. The zero-order valence-electron chi connectivity index (χ0n) is 12.7. The predicted octanol–water partition coefficient (Wildman–Crippen LogP) is 2.35. The summed E-state index contributed by atoms with van der Waals surface area (Å²) in [6, 6.07) is 4.90. The molecule has 0 atom stereocenters. The van der Waals surface area contributed by atoms with Gasteiger partial charge in [-0.15, -0.1) is 0 Å². The van der Waals surface area contributed by atoms with Crippen molar-refractivity contribution in [3.8, 4) is 5.75 Å². The van der Waals surface area contributed by atoms with Crippen LogP contribution in [0.25, 0.3) is 0 Å². The van der Waals surface area contributed by atoms with E-state index < -0.39 is 12.8 Å². The fraction of sp³-hybridized carbons (Fsp3) is 0.600. The maximum absolute atomic E-state index is 12.3. The van der Waals surface area contributed by atoms with Gasteiger partial charge in [0.2, 0.25) is 0 Å². The van der Waals surface area contributed by atoms with Crippen molar-refractivity contribution in [1.82, 2.24) is 9.80 Å². The number of hydrogen-bond acceptors (Lipinski definition) is 4. The number of likely N-dealkylation sites (N-methyl/N-ethyl adjacent to an activating group) is 1. The number of nitrogen functional groups attached to an aromatic ring is 1. The quantitative estimate of drug-likeness (QED) is 0.847. The van der Waals surface area contributed by atoms with Crippen LogP contribution >= 0.6 is 0 Å². The normalized spacial score (nSPS) is 17.6. The van der Waals surface area contributed by atoms with Gasteiger partial charge in [-0.05, 0) is 12.6 Å². The van der Waals surface area contributed by atoms with Crippen LogP contribution in [0.1, 0.15) is 12.5 Å². The third-order valence-electron chi connectivity index (χ3n) is 3.79. The number of rotatable bonds is 5. The number of ether oxygens (including phenoxy) is 1. The van der Waals surface area contributed by atoms with Gasteiger partial charge in [0.05, 0.1) is 0 Å². The van der Waals surface area contributed by atoms with Crippen molar-refractivity contribution in [3.05, 3.63) is 23.8 Å². The Labute approximate surface area is 128 Å². The van der Waals surface area contributed by atoms with Crippen molar-refractivity contribution < 1.29 is 17.9 Å². The highest BCUT2D eigenvalue weighted by Gasteiger charge is 2.29. The largest absolute Gasteiger partial charge is 0.484 e. The van der Waals surface area contributed by atoms with Crippen molar-refractivity contribution in [2.75, 3.05) is 45.1 Å². The van der Waals surface area contributed by atoms with E-state index in [1.54, 1.807) is 12.1 Å². The first kappa shape index (κ1) is 16.9. The average molecular weight is 317 g/mol. The molecule has 0 amide bonds. The van der Waals surface area contributed by atoms with Crippen LogP contribution in [-0.4, -0.2) is 55.3 Å². The fourth-order valence-electron chi connectivity index (χ4n) is 2.50. The van der Waals surface area contributed by atoms with E-state index in [4.69, 9.17) is 10.5 Å². The van der Waals surface area contributed by atoms with Gasteiger partial charge >= 0.3 is 6.18 Å². The molecule has 0 spiro atoms.